The van der Waals surface area contributed by atoms with Crippen molar-refractivity contribution in [1.82, 2.24) is 15.6 Å². The fraction of sp³-hybridized carbons (Fsp3) is 0.750. The largest absolute Gasteiger partial charge is 0.357 e. The first kappa shape index (κ1) is 18.0. The molecule has 0 aliphatic carbocycles. The van der Waals surface area contributed by atoms with Crippen molar-refractivity contribution in [1.29, 1.82) is 0 Å². The van der Waals surface area contributed by atoms with Gasteiger partial charge in [-0.05, 0) is 39.5 Å². The Morgan fingerprint density at radius 3 is 2.71 bits per heavy atom. The number of nitrogens with one attached hydrogen (secondary N) is 2. The zero-order chi connectivity index (χ0) is 15.3. The second-order valence-corrected chi connectivity index (χ2v) is 6.18. The van der Waals surface area contributed by atoms with Gasteiger partial charge in [-0.2, -0.15) is 0 Å². The van der Waals surface area contributed by atoms with Crippen LogP contribution in [0.3, 0.4) is 0 Å². The molecule has 0 saturated carbocycles. The van der Waals surface area contributed by atoms with Crippen LogP contribution in [-0.4, -0.2) is 30.6 Å². The van der Waals surface area contributed by atoms with Crippen LogP contribution in [0.4, 0.5) is 0 Å². The van der Waals surface area contributed by atoms with Gasteiger partial charge < -0.3 is 10.6 Å². The molecule has 21 heavy (non-hydrogen) atoms. The summed E-state index contributed by atoms with van der Waals surface area (Å²) in [7, 11) is 0. The number of aryl methyl sites for hydroxylation is 2. The number of thiazole rings is 1. The first-order chi connectivity index (χ1) is 10.3. The van der Waals surface area contributed by atoms with Crippen molar-refractivity contribution < 1.29 is 0 Å². The molecule has 0 aliphatic rings. The summed E-state index contributed by atoms with van der Waals surface area (Å²) < 4.78 is 0. The first-order valence-electron chi connectivity index (χ1n) is 8.19. The third-order valence-electron chi connectivity index (χ3n) is 3.15. The van der Waals surface area contributed by atoms with Gasteiger partial charge in [-0.15, -0.1) is 11.3 Å². The number of rotatable bonds is 10. The number of hydrogen-bond donors (Lipinski definition) is 2. The van der Waals surface area contributed by atoms with Gasteiger partial charge in [0, 0.05) is 30.7 Å². The molecule has 1 aromatic rings. The van der Waals surface area contributed by atoms with Crippen molar-refractivity contribution in [3.05, 3.63) is 16.1 Å². The molecule has 0 unspecified atom stereocenters. The molecular weight excluding hydrogens is 280 g/mol. The van der Waals surface area contributed by atoms with E-state index in [0.29, 0.717) is 0 Å². The third-order valence-corrected chi connectivity index (χ3v) is 4.18. The average molecular weight is 311 g/mol. The third kappa shape index (κ3) is 8.71. The minimum atomic E-state index is 0.915. The maximum Gasteiger partial charge on any atom is 0.191 e. The smallest absolute Gasteiger partial charge is 0.191 e. The van der Waals surface area contributed by atoms with Gasteiger partial charge in [0.05, 0.1) is 5.01 Å². The van der Waals surface area contributed by atoms with Crippen molar-refractivity contribution >= 4 is 17.3 Å². The Balaban J connectivity index is 2.14. The van der Waals surface area contributed by atoms with Gasteiger partial charge >= 0.3 is 0 Å². The maximum atomic E-state index is 4.59. The van der Waals surface area contributed by atoms with E-state index in [1.807, 2.05) is 0 Å². The lowest BCUT2D eigenvalue weighted by Crippen LogP contribution is -2.37. The molecule has 0 spiro atoms. The lowest BCUT2D eigenvalue weighted by atomic mass is 10.2. The Kier molecular flexibility index (Phi) is 9.87. The van der Waals surface area contributed by atoms with Crippen LogP contribution in [0.5, 0.6) is 0 Å². The highest BCUT2D eigenvalue weighted by Crippen LogP contribution is 2.11. The Morgan fingerprint density at radius 1 is 1.19 bits per heavy atom. The fourth-order valence-electron chi connectivity index (χ4n) is 2.02. The molecule has 0 amide bonds. The van der Waals surface area contributed by atoms with E-state index in [4.69, 9.17) is 0 Å². The molecule has 0 fully saturated rings. The van der Waals surface area contributed by atoms with Crippen molar-refractivity contribution in [3.63, 3.8) is 0 Å². The molecule has 0 atom stereocenters. The van der Waals surface area contributed by atoms with E-state index in [9.17, 15) is 0 Å². The number of unbranched alkanes of at least 4 members (excludes halogenated alkanes) is 3. The lowest BCUT2D eigenvalue weighted by Gasteiger charge is -2.10. The standard InChI is InChI=1S/C16H30N4S/c1-4-6-8-11-18-16(17-5-2)19-12-9-7-10-15-20-14(3)13-21-15/h13H,4-12H2,1-3H3,(H2,17,18,19). The summed E-state index contributed by atoms with van der Waals surface area (Å²) in [6, 6.07) is 0. The molecule has 1 aromatic heterocycles. The molecular formula is C16H30N4S. The zero-order valence-corrected chi connectivity index (χ0v) is 14.6. The molecule has 1 rings (SSSR count). The minimum Gasteiger partial charge on any atom is -0.357 e. The Hall–Kier alpha value is -1.10. The van der Waals surface area contributed by atoms with Crippen molar-refractivity contribution in [3.8, 4) is 0 Å². The summed E-state index contributed by atoms with van der Waals surface area (Å²) >= 11 is 1.77. The topological polar surface area (TPSA) is 49.3 Å². The Morgan fingerprint density at radius 2 is 2.05 bits per heavy atom. The average Bonchev–Trinajstić information content (AvgIpc) is 2.88. The van der Waals surface area contributed by atoms with Crippen LogP contribution < -0.4 is 10.6 Å². The highest BCUT2D eigenvalue weighted by molar-refractivity contribution is 7.09. The van der Waals surface area contributed by atoms with E-state index >= 15 is 0 Å². The van der Waals surface area contributed by atoms with E-state index in [2.05, 4.69) is 46.8 Å². The molecule has 0 aliphatic heterocycles. The summed E-state index contributed by atoms with van der Waals surface area (Å²) in [4.78, 5) is 9.09. The molecule has 0 radical (unpaired) electrons. The number of guanidine groups is 1. The zero-order valence-electron chi connectivity index (χ0n) is 13.7. The summed E-state index contributed by atoms with van der Waals surface area (Å²) in [6.07, 6.45) is 7.10. The number of aromatic nitrogens is 1. The Labute approximate surface area is 133 Å². The van der Waals surface area contributed by atoms with Crippen LogP contribution in [0, 0.1) is 6.92 Å². The van der Waals surface area contributed by atoms with Crippen LogP contribution in [-0.2, 0) is 6.42 Å². The molecule has 4 nitrogen and oxygen atoms in total. The predicted octanol–water partition coefficient (Wildman–Crippen LogP) is 3.52. The number of hydrogen-bond acceptors (Lipinski definition) is 3. The molecule has 1 heterocycles. The highest BCUT2D eigenvalue weighted by Gasteiger charge is 1.99. The van der Waals surface area contributed by atoms with E-state index in [0.717, 1.165) is 44.1 Å². The van der Waals surface area contributed by atoms with Gasteiger partial charge in [0.1, 0.15) is 0 Å². The van der Waals surface area contributed by atoms with Crippen LogP contribution >= 0.6 is 11.3 Å². The number of nitrogens with zero attached hydrogens (tertiary/aromatic N) is 2. The monoisotopic (exact) mass is 310 g/mol. The van der Waals surface area contributed by atoms with Crippen molar-refractivity contribution in [2.75, 3.05) is 19.6 Å². The molecule has 0 bridgehead atoms. The first-order valence-corrected chi connectivity index (χ1v) is 9.07. The van der Waals surface area contributed by atoms with Crippen LogP contribution in [0.1, 0.15) is 56.7 Å². The van der Waals surface area contributed by atoms with E-state index in [1.54, 1.807) is 11.3 Å². The molecule has 0 saturated heterocycles. The normalized spacial score (nSPS) is 11.7. The summed E-state index contributed by atoms with van der Waals surface area (Å²) in [5.41, 5.74) is 1.14. The van der Waals surface area contributed by atoms with Gasteiger partial charge in [-0.3, -0.25) is 4.99 Å². The van der Waals surface area contributed by atoms with E-state index in [-0.39, 0.29) is 0 Å². The van der Waals surface area contributed by atoms with Gasteiger partial charge in [0.25, 0.3) is 0 Å². The second-order valence-electron chi connectivity index (χ2n) is 5.23. The molecule has 2 N–H and O–H groups in total. The van der Waals surface area contributed by atoms with Crippen molar-refractivity contribution in [2.45, 2.75) is 59.3 Å². The maximum absolute atomic E-state index is 4.59. The van der Waals surface area contributed by atoms with E-state index < -0.39 is 0 Å². The molecule has 120 valence electrons. The van der Waals surface area contributed by atoms with Crippen LogP contribution in [0.25, 0.3) is 0 Å². The van der Waals surface area contributed by atoms with Gasteiger partial charge in [-0.1, -0.05) is 19.8 Å². The second kappa shape index (κ2) is 11.5. The fourth-order valence-corrected chi connectivity index (χ4v) is 2.84. The summed E-state index contributed by atoms with van der Waals surface area (Å²) in [6.45, 7) is 9.19. The lowest BCUT2D eigenvalue weighted by molar-refractivity contribution is 0.685. The van der Waals surface area contributed by atoms with Gasteiger partial charge in [0.15, 0.2) is 5.96 Å². The van der Waals surface area contributed by atoms with Gasteiger partial charge in [-0.25, -0.2) is 4.98 Å². The quantitative estimate of drug-likeness (QED) is 0.395. The summed E-state index contributed by atoms with van der Waals surface area (Å²) in [5.74, 6) is 0.957. The van der Waals surface area contributed by atoms with Crippen LogP contribution in [0.2, 0.25) is 0 Å². The highest BCUT2D eigenvalue weighted by atomic mass is 32.1. The minimum absolute atomic E-state index is 0.915. The Bertz CT molecular complexity index is 401. The van der Waals surface area contributed by atoms with Crippen LogP contribution in [0.15, 0.2) is 10.4 Å². The van der Waals surface area contributed by atoms with Crippen molar-refractivity contribution in [2.24, 2.45) is 4.99 Å². The SMILES string of the molecule is CCCCCN=C(NCC)NCCCCc1nc(C)cs1. The van der Waals surface area contributed by atoms with Gasteiger partial charge in [0.2, 0.25) is 0 Å². The number of aliphatic imine (C=N–C) groups is 1. The molecule has 5 heteroatoms. The van der Waals surface area contributed by atoms with E-state index in [1.165, 1.54) is 30.7 Å². The summed E-state index contributed by atoms with van der Waals surface area (Å²) in [5, 5.41) is 10.1. The predicted molar refractivity (Wildman–Crippen MR) is 93.3 cm³/mol. The molecule has 0 aromatic carbocycles.